The van der Waals surface area contributed by atoms with Crippen LogP contribution in [-0.4, -0.2) is 116 Å². The van der Waals surface area contributed by atoms with Gasteiger partial charge >= 0.3 is 5.97 Å². The van der Waals surface area contributed by atoms with Gasteiger partial charge in [0.25, 0.3) is 5.91 Å². The number of halogens is 1. The Labute approximate surface area is 328 Å². The fourth-order valence-corrected chi connectivity index (χ4v) is 6.97. The van der Waals surface area contributed by atoms with Crippen molar-refractivity contribution in [2.45, 2.75) is 121 Å². The van der Waals surface area contributed by atoms with Crippen molar-refractivity contribution in [1.82, 2.24) is 20.4 Å². The number of likely N-dealkylation sites (tertiary alicyclic amines) is 1. The molecule has 1 heterocycles. The average Bonchev–Trinajstić information content (AvgIpc) is 3.65. The molecule has 55 heavy (non-hydrogen) atoms. The topological polar surface area (TPSA) is 223 Å². The van der Waals surface area contributed by atoms with Crippen LogP contribution in [-0.2, 0) is 36.8 Å². The van der Waals surface area contributed by atoms with Crippen LogP contribution in [0.25, 0.3) is 0 Å². The van der Waals surface area contributed by atoms with E-state index in [9.17, 15) is 44.4 Å². The predicted molar refractivity (Wildman–Crippen MR) is 208 cm³/mol. The van der Waals surface area contributed by atoms with Crippen molar-refractivity contribution in [2.24, 2.45) is 11.7 Å². The molecule has 3 rings (SSSR count). The summed E-state index contributed by atoms with van der Waals surface area (Å²) in [4.78, 5) is 70.4. The lowest BCUT2D eigenvalue weighted by molar-refractivity contribution is -0.150. The van der Waals surface area contributed by atoms with E-state index in [-0.39, 0.29) is 43.2 Å². The van der Waals surface area contributed by atoms with Gasteiger partial charge in [-0.05, 0) is 73.4 Å². The standard InChI is InChI=1S/C40H58ClN5O9/c1-25(2)22-34(39(53)46-21-9-11-33(46)36(50)44-32(40(54)55)24-27-14-18-29(48)19-15-27)45(3)38(52)31(23-26-12-16-28(47)17-13-26)43-37(51)35(49)30(42)10-7-5-4-6-8-20-41/h12-19,25,30-35,47-49H,4-11,20-24,42H2,1-3H3,(H,43,51)(H,44,50)(H,54,55)/t30-,31+,32+,33+,34+,35-/m1/s1. The Hall–Kier alpha value is -4.40. The lowest BCUT2D eigenvalue weighted by Gasteiger charge is -2.36. The first-order valence-corrected chi connectivity index (χ1v) is 19.6. The van der Waals surface area contributed by atoms with Crippen LogP contribution in [0.4, 0.5) is 0 Å². The minimum atomic E-state index is -1.59. The number of carbonyl (C=O) groups is 5. The fourth-order valence-electron chi connectivity index (χ4n) is 6.78. The van der Waals surface area contributed by atoms with Crippen molar-refractivity contribution >= 4 is 41.2 Å². The third-order valence-electron chi connectivity index (χ3n) is 9.96. The maximum absolute atomic E-state index is 14.3. The quantitative estimate of drug-likeness (QED) is 0.0683. The molecule has 0 radical (unpaired) electrons. The monoisotopic (exact) mass is 787 g/mol. The Morgan fingerprint density at radius 1 is 0.873 bits per heavy atom. The summed E-state index contributed by atoms with van der Waals surface area (Å²) in [6.07, 6.45) is 4.17. The summed E-state index contributed by atoms with van der Waals surface area (Å²) in [5, 5.41) is 45.4. The number of nitrogens with zero attached hydrogens (tertiary/aromatic N) is 2. The second kappa shape index (κ2) is 22.2. The van der Waals surface area contributed by atoms with Gasteiger partial charge in [-0.2, -0.15) is 0 Å². The summed E-state index contributed by atoms with van der Waals surface area (Å²) in [6, 6.07) is 6.66. The van der Waals surface area contributed by atoms with Crippen LogP contribution in [0, 0.1) is 5.92 Å². The minimum Gasteiger partial charge on any atom is -0.508 e. The van der Waals surface area contributed by atoms with E-state index in [0.29, 0.717) is 42.7 Å². The maximum Gasteiger partial charge on any atom is 0.326 e. The van der Waals surface area contributed by atoms with E-state index in [0.717, 1.165) is 25.7 Å². The number of carboxylic acids is 1. The lowest BCUT2D eigenvalue weighted by Crippen LogP contribution is -2.59. The van der Waals surface area contributed by atoms with E-state index in [4.69, 9.17) is 17.3 Å². The van der Waals surface area contributed by atoms with Crippen LogP contribution in [0.2, 0.25) is 0 Å². The molecular formula is C40H58ClN5O9. The van der Waals surface area contributed by atoms with E-state index in [1.54, 1.807) is 24.3 Å². The number of aliphatic hydroxyl groups is 1. The number of aliphatic carboxylic acids is 1. The first-order valence-electron chi connectivity index (χ1n) is 19.1. The van der Waals surface area contributed by atoms with E-state index < -0.39 is 65.9 Å². The van der Waals surface area contributed by atoms with Crippen LogP contribution >= 0.6 is 11.6 Å². The number of alkyl halides is 1. The average molecular weight is 788 g/mol. The summed E-state index contributed by atoms with van der Waals surface area (Å²) >= 11 is 5.74. The molecule has 15 heteroatoms. The Bertz CT molecular complexity index is 1560. The van der Waals surface area contributed by atoms with Gasteiger partial charge < -0.3 is 46.6 Å². The summed E-state index contributed by atoms with van der Waals surface area (Å²) in [5.74, 6) is -3.26. The highest BCUT2D eigenvalue weighted by Gasteiger charge is 2.42. The number of aliphatic hydroxyl groups excluding tert-OH is 1. The molecule has 14 nitrogen and oxygen atoms in total. The van der Waals surface area contributed by atoms with Gasteiger partial charge in [-0.15, -0.1) is 11.6 Å². The number of phenolic OH excluding ortho intramolecular Hbond substituents is 2. The molecule has 1 saturated heterocycles. The third kappa shape index (κ3) is 14.0. The number of nitrogens with one attached hydrogen (secondary N) is 2. The molecule has 0 bridgehead atoms. The molecule has 0 aromatic heterocycles. The SMILES string of the molecule is CC(C)C[C@@H](C(=O)N1CCC[C@H]1C(=O)N[C@@H](Cc1ccc(O)cc1)C(=O)O)N(C)C(=O)[C@H](Cc1ccc(O)cc1)NC(=O)[C@H](O)[C@H](N)CCCCCCCCl. The first kappa shape index (κ1) is 45.0. The van der Waals surface area contributed by atoms with Gasteiger partial charge in [-0.25, -0.2) is 4.79 Å². The molecule has 0 aliphatic carbocycles. The Morgan fingerprint density at radius 2 is 1.42 bits per heavy atom. The number of hydrogen-bond donors (Lipinski definition) is 7. The molecule has 1 aliphatic heterocycles. The molecule has 0 unspecified atom stereocenters. The Kier molecular flexibility index (Phi) is 18.2. The minimum absolute atomic E-state index is 0.0126. The number of aromatic hydroxyl groups is 2. The predicted octanol–water partition coefficient (Wildman–Crippen LogP) is 3.07. The van der Waals surface area contributed by atoms with E-state index in [2.05, 4.69) is 10.6 Å². The van der Waals surface area contributed by atoms with Gasteiger partial charge in [0.1, 0.15) is 41.8 Å². The molecule has 8 N–H and O–H groups in total. The zero-order valence-electron chi connectivity index (χ0n) is 32.0. The van der Waals surface area contributed by atoms with Gasteiger partial charge in [0.15, 0.2) is 0 Å². The molecule has 2 aromatic rings. The van der Waals surface area contributed by atoms with Gasteiger partial charge in [0, 0.05) is 38.4 Å². The highest BCUT2D eigenvalue weighted by molar-refractivity contribution is 6.17. The van der Waals surface area contributed by atoms with Crippen molar-refractivity contribution in [1.29, 1.82) is 0 Å². The molecule has 0 spiro atoms. The van der Waals surface area contributed by atoms with Crippen LogP contribution < -0.4 is 16.4 Å². The largest absolute Gasteiger partial charge is 0.508 e. The molecule has 6 atom stereocenters. The molecule has 304 valence electrons. The number of hydrogen-bond acceptors (Lipinski definition) is 9. The van der Waals surface area contributed by atoms with Crippen LogP contribution in [0.3, 0.4) is 0 Å². The number of carbonyl (C=O) groups excluding carboxylic acids is 4. The van der Waals surface area contributed by atoms with E-state index in [1.807, 2.05) is 13.8 Å². The second-order valence-corrected chi connectivity index (χ2v) is 15.2. The Balaban J connectivity index is 1.79. The first-order chi connectivity index (χ1) is 26.1. The Morgan fingerprint density at radius 3 is 1.96 bits per heavy atom. The van der Waals surface area contributed by atoms with Crippen LogP contribution in [0.15, 0.2) is 48.5 Å². The number of carboxylic acid groups (broad SMARTS) is 1. The number of phenols is 2. The van der Waals surface area contributed by atoms with Gasteiger partial charge in [-0.3, -0.25) is 19.2 Å². The van der Waals surface area contributed by atoms with Crippen molar-refractivity contribution in [3.63, 3.8) is 0 Å². The smallest absolute Gasteiger partial charge is 0.326 e. The second-order valence-electron chi connectivity index (χ2n) is 14.8. The van der Waals surface area contributed by atoms with Crippen molar-refractivity contribution < 1.29 is 44.4 Å². The van der Waals surface area contributed by atoms with Crippen molar-refractivity contribution in [3.05, 3.63) is 59.7 Å². The highest BCUT2D eigenvalue weighted by Crippen LogP contribution is 2.24. The summed E-state index contributed by atoms with van der Waals surface area (Å²) < 4.78 is 0. The summed E-state index contributed by atoms with van der Waals surface area (Å²) in [7, 11) is 1.46. The molecule has 1 fully saturated rings. The number of amides is 4. The summed E-state index contributed by atoms with van der Waals surface area (Å²) in [5.41, 5.74) is 7.38. The zero-order chi connectivity index (χ0) is 40.7. The van der Waals surface area contributed by atoms with E-state index >= 15 is 0 Å². The highest BCUT2D eigenvalue weighted by atomic mass is 35.5. The normalized spacial score (nSPS) is 16.9. The molecule has 2 aromatic carbocycles. The van der Waals surface area contributed by atoms with Crippen molar-refractivity contribution in [2.75, 3.05) is 19.5 Å². The molecule has 4 amide bonds. The number of benzene rings is 2. The zero-order valence-corrected chi connectivity index (χ0v) is 32.8. The summed E-state index contributed by atoms with van der Waals surface area (Å²) in [6.45, 7) is 3.99. The van der Waals surface area contributed by atoms with Crippen molar-refractivity contribution in [3.8, 4) is 11.5 Å². The third-order valence-corrected chi connectivity index (χ3v) is 10.2. The molecular weight excluding hydrogens is 730 g/mol. The maximum atomic E-state index is 14.3. The number of rotatable bonds is 22. The molecule has 0 saturated carbocycles. The van der Waals surface area contributed by atoms with Gasteiger partial charge in [0.05, 0.1) is 0 Å². The fraction of sp³-hybridized carbons (Fsp3) is 0.575. The van der Waals surface area contributed by atoms with Crippen LogP contribution in [0.5, 0.6) is 11.5 Å². The van der Waals surface area contributed by atoms with Crippen LogP contribution in [0.1, 0.15) is 82.8 Å². The van der Waals surface area contributed by atoms with Gasteiger partial charge in [0.2, 0.25) is 17.7 Å². The molecule has 1 aliphatic rings. The lowest BCUT2D eigenvalue weighted by atomic mass is 9.98. The van der Waals surface area contributed by atoms with Gasteiger partial charge in [-0.1, -0.05) is 63.8 Å². The van der Waals surface area contributed by atoms with E-state index in [1.165, 1.54) is 41.1 Å². The number of unbranched alkanes of at least 4 members (excludes halogenated alkanes) is 4. The number of likely N-dealkylation sites (N-methyl/N-ethyl adjacent to an activating group) is 1. The number of nitrogens with two attached hydrogens (primary N) is 1.